The maximum Gasteiger partial charge on any atom is 0.157 e. The fourth-order valence-corrected chi connectivity index (χ4v) is 2.39. The maximum absolute atomic E-state index is 5.33. The van der Waals surface area contributed by atoms with Crippen molar-refractivity contribution >= 4 is 0 Å². The molecule has 1 aliphatic rings. The normalized spacial score (nSPS) is 27.8. The zero-order chi connectivity index (χ0) is 9.80. The summed E-state index contributed by atoms with van der Waals surface area (Å²) in [6, 6.07) is 4.84. The Morgan fingerprint density at radius 3 is 3.00 bits per heavy atom. The Kier molecular flexibility index (Phi) is 3.25. The minimum atomic E-state index is 0.814. The predicted octanol–water partition coefficient (Wildman–Crippen LogP) is 1.92. The van der Waals surface area contributed by atoms with E-state index in [9.17, 15) is 0 Å². The van der Waals surface area contributed by atoms with E-state index in [0.717, 1.165) is 24.3 Å². The second-order valence-electron chi connectivity index (χ2n) is 4.44. The van der Waals surface area contributed by atoms with Gasteiger partial charge >= 0.3 is 0 Å². The van der Waals surface area contributed by atoms with Crippen LogP contribution in [0.2, 0.25) is 0 Å². The summed E-state index contributed by atoms with van der Waals surface area (Å²) in [4.78, 5) is 0. The third-order valence-electron chi connectivity index (χ3n) is 3.38. The van der Waals surface area contributed by atoms with Crippen LogP contribution in [-0.4, -0.2) is 6.04 Å². The van der Waals surface area contributed by atoms with Gasteiger partial charge in [0.2, 0.25) is 0 Å². The van der Waals surface area contributed by atoms with Gasteiger partial charge in [-0.05, 0) is 31.4 Å². The summed E-state index contributed by atoms with van der Waals surface area (Å²) in [5.74, 6) is 1.97. The van der Waals surface area contributed by atoms with Crippen LogP contribution in [-0.2, 0) is 6.54 Å². The van der Waals surface area contributed by atoms with Crippen LogP contribution in [0.25, 0.3) is 0 Å². The summed E-state index contributed by atoms with van der Waals surface area (Å²) in [5.41, 5.74) is 0. The summed E-state index contributed by atoms with van der Waals surface area (Å²) < 4.78 is 5.33. The van der Waals surface area contributed by atoms with Gasteiger partial charge in [-0.25, -0.2) is 0 Å². The first-order valence-electron chi connectivity index (χ1n) is 5.72. The quantitative estimate of drug-likeness (QED) is 0.782. The molecule has 0 aromatic carbocycles. The molecule has 1 aliphatic carbocycles. The monoisotopic (exact) mass is 194 g/mol. The summed E-state index contributed by atoms with van der Waals surface area (Å²) in [5, 5.41) is 2.45. The zero-order valence-corrected chi connectivity index (χ0v) is 8.91. The third kappa shape index (κ3) is 2.38. The number of rotatable bonds is 3. The molecule has 2 nitrogen and oxygen atoms in total. The summed E-state index contributed by atoms with van der Waals surface area (Å²) in [7, 11) is 0. The minimum Gasteiger partial charge on any atom is -0.463 e. The molecule has 0 aliphatic heterocycles. The topological polar surface area (TPSA) is 29.8 Å². The lowest BCUT2D eigenvalue weighted by molar-refractivity contribution is -0.714. The largest absolute Gasteiger partial charge is 0.463 e. The number of hydrogen-bond acceptors (Lipinski definition) is 1. The Morgan fingerprint density at radius 2 is 2.29 bits per heavy atom. The first kappa shape index (κ1) is 9.78. The molecule has 14 heavy (non-hydrogen) atoms. The first-order valence-corrected chi connectivity index (χ1v) is 5.72. The summed E-state index contributed by atoms with van der Waals surface area (Å²) >= 11 is 0. The van der Waals surface area contributed by atoms with Gasteiger partial charge in [0.05, 0.1) is 12.3 Å². The van der Waals surface area contributed by atoms with E-state index in [1.165, 1.54) is 25.7 Å². The lowest BCUT2D eigenvalue weighted by Crippen LogP contribution is -2.90. The molecular weight excluding hydrogens is 174 g/mol. The highest BCUT2D eigenvalue weighted by molar-refractivity contribution is 4.95. The second-order valence-corrected chi connectivity index (χ2v) is 4.44. The highest BCUT2D eigenvalue weighted by atomic mass is 16.3. The summed E-state index contributed by atoms with van der Waals surface area (Å²) in [6.07, 6.45) is 7.37. The van der Waals surface area contributed by atoms with E-state index < -0.39 is 0 Å². The van der Waals surface area contributed by atoms with Gasteiger partial charge in [0.15, 0.2) is 5.76 Å². The van der Waals surface area contributed by atoms with Gasteiger partial charge in [-0.15, -0.1) is 0 Å². The van der Waals surface area contributed by atoms with Crippen molar-refractivity contribution in [1.82, 2.24) is 0 Å². The van der Waals surface area contributed by atoms with Crippen molar-refractivity contribution in [3.05, 3.63) is 24.2 Å². The van der Waals surface area contributed by atoms with E-state index in [0.29, 0.717) is 0 Å². The Morgan fingerprint density at radius 1 is 1.43 bits per heavy atom. The molecule has 1 aromatic heterocycles. The average Bonchev–Trinajstić information content (AvgIpc) is 2.69. The summed E-state index contributed by atoms with van der Waals surface area (Å²) in [6.45, 7) is 3.38. The van der Waals surface area contributed by atoms with Crippen LogP contribution < -0.4 is 5.32 Å². The molecule has 0 saturated heterocycles. The molecule has 1 fully saturated rings. The standard InChI is InChI=1S/C12H19NO/c1-10-5-2-3-7-12(10)13-9-11-6-4-8-14-11/h4,6,8,10,12-13H,2-3,5,7,9H2,1H3/p+1/t10-,12+/m0/s1. The van der Waals surface area contributed by atoms with Crippen LogP contribution in [0.15, 0.2) is 22.8 Å². The molecule has 2 atom stereocenters. The van der Waals surface area contributed by atoms with Crippen LogP contribution in [0.1, 0.15) is 38.4 Å². The van der Waals surface area contributed by atoms with E-state index >= 15 is 0 Å². The van der Waals surface area contributed by atoms with Crippen LogP contribution in [0.4, 0.5) is 0 Å². The molecule has 78 valence electrons. The SMILES string of the molecule is C[C@H]1CCCC[C@H]1[NH2+]Cc1ccco1. The van der Waals surface area contributed by atoms with Gasteiger partial charge in [0.1, 0.15) is 6.54 Å². The Bertz CT molecular complexity index is 255. The van der Waals surface area contributed by atoms with E-state index in [1.54, 1.807) is 6.26 Å². The van der Waals surface area contributed by atoms with Crippen molar-refractivity contribution in [3.63, 3.8) is 0 Å². The highest BCUT2D eigenvalue weighted by Gasteiger charge is 2.23. The third-order valence-corrected chi connectivity index (χ3v) is 3.38. The first-order chi connectivity index (χ1) is 6.86. The van der Waals surface area contributed by atoms with Crippen LogP contribution >= 0.6 is 0 Å². The van der Waals surface area contributed by atoms with Gasteiger partial charge in [-0.1, -0.05) is 13.3 Å². The highest BCUT2D eigenvalue weighted by Crippen LogP contribution is 2.21. The van der Waals surface area contributed by atoms with Crippen LogP contribution in [0.5, 0.6) is 0 Å². The van der Waals surface area contributed by atoms with E-state index in [2.05, 4.69) is 18.3 Å². The molecule has 2 rings (SSSR count). The van der Waals surface area contributed by atoms with E-state index in [4.69, 9.17) is 4.42 Å². The fourth-order valence-electron chi connectivity index (χ4n) is 2.39. The molecule has 1 saturated carbocycles. The molecule has 0 unspecified atom stereocenters. The van der Waals surface area contributed by atoms with Crippen molar-refractivity contribution in [2.75, 3.05) is 0 Å². The molecular formula is C12H20NO+. The number of quaternary nitrogens is 1. The van der Waals surface area contributed by atoms with Crippen molar-refractivity contribution in [2.24, 2.45) is 5.92 Å². The van der Waals surface area contributed by atoms with E-state index in [1.807, 2.05) is 6.07 Å². The number of hydrogen-bond donors (Lipinski definition) is 1. The number of furan rings is 1. The lowest BCUT2D eigenvalue weighted by Gasteiger charge is -2.26. The maximum atomic E-state index is 5.33. The molecule has 0 amide bonds. The second kappa shape index (κ2) is 4.65. The molecule has 0 radical (unpaired) electrons. The molecule has 1 heterocycles. The van der Waals surface area contributed by atoms with Gasteiger partial charge < -0.3 is 9.73 Å². The lowest BCUT2D eigenvalue weighted by atomic mass is 9.86. The Labute approximate surface area is 85.7 Å². The molecule has 0 spiro atoms. The zero-order valence-electron chi connectivity index (χ0n) is 8.91. The minimum absolute atomic E-state index is 0.814. The van der Waals surface area contributed by atoms with E-state index in [-0.39, 0.29) is 0 Å². The molecule has 2 heteroatoms. The van der Waals surface area contributed by atoms with Gasteiger partial charge in [0, 0.05) is 5.92 Å². The van der Waals surface area contributed by atoms with Crippen molar-refractivity contribution in [3.8, 4) is 0 Å². The molecule has 1 aromatic rings. The Balaban J connectivity index is 1.79. The Hall–Kier alpha value is -0.760. The van der Waals surface area contributed by atoms with Crippen LogP contribution in [0, 0.1) is 5.92 Å². The van der Waals surface area contributed by atoms with Crippen molar-refractivity contribution < 1.29 is 9.73 Å². The van der Waals surface area contributed by atoms with Gasteiger partial charge in [-0.2, -0.15) is 0 Å². The molecule has 2 N–H and O–H groups in total. The van der Waals surface area contributed by atoms with Gasteiger partial charge in [-0.3, -0.25) is 0 Å². The predicted molar refractivity (Wildman–Crippen MR) is 55.8 cm³/mol. The van der Waals surface area contributed by atoms with Crippen LogP contribution in [0.3, 0.4) is 0 Å². The average molecular weight is 194 g/mol. The van der Waals surface area contributed by atoms with Crippen molar-refractivity contribution in [1.29, 1.82) is 0 Å². The van der Waals surface area contributed by atoms with Gasteiger partial charge in [0.25, 0.3) is 0 Å². The molecule has 0 bridgehead atoms. The fraction of sp³-hybridized carbons (Fsp3) is 0.667. The van der Waals surface area contributed by atoms with Crippen molar-refractivity contribution in [2.45, 2.75) is 45.2 Å². The smallest absolute Gasteiger partial charge is 0.157 e. The number of nitrogens with two attached hydrogens (primary N) is 1.